The summed E-state index contributed by atoms with van der Waals surface area (Å²) in [7, 11) is 0. The number of halogens is 1. The molecule has 0 fully saturated rings. The molecule has 3 nitrogen and oxygen atoms in total. The molecule has 0 unspecified atom stereocenters. The minimum absolute atomic E-state index is 0.919. The fourth-order valence-corrected chi connectivity index (χ4v) is 0. The molecular formula is C2H4BrNO2. The predicted molar refractivity (Wildman–Crippen MR) is 24.5 cm³/mol. The first kappa shape index (κ1) is 5.91. The molecule has 4 heteroatoms. The standard InChI is InChI=1S/C2H4BrNO2/c3-1(4)2(5)6/h1H,4H2,(H,5,6)/t1-/m1/s1. The average Bonchev–Trinajstić information content (AvgIpc) is 1.36. The van der Waals surface area contributed by atoms with Gasteiger partial charge in [0.15, 0.2) is 4.95 Å². The number of carbonyl (C=O) groups is 1. The van der Waals surface area contributed by atoms with Crippen LogP contribution in [0.1, 0.15) is 0 Å². The van der Waals surface area contributed by atoms with Crippen LogP contribution in [0.25, 0.3) is 0 Å². The highest BCUT2D eigenvalue weighted by Crippen LogP contribution is 1.85. The Hall–Kier alpha value is -0.0900. The van der Waals surface area contributed by atoms with Gasteiger partial charge in [-0.1, -0.05) is 15.9 Å². The van der Waals surface area contributed by atoms with Crippen molar-refractivity contribution in [2.24, 2.45) is 5.73 Å². The van der Waals surface area contributed by atoms with Crippen LogP contribution in [-0.2, 0) is 4.79 Å². The molecule has 6 heavy (non-hydrogen) atoms. The molecule has 0 saturated heterocycles. The van der Waals surface area contributed by atoms with Gasteiger partial charge in [0.25, 0.3) is 0 Å². The van der Waals surface area contributed by atoms with Gasteiger partial charge in [0, 0.05) is 0 Å². The first-order valence-corrected chi connectivity index (χ1v) is 2.18. The van der Waals surface area contributed by atoms with Crippen molar-refractivity contribution in [3.05, 3.63) is 0 Å². The van der Waals surface area contributed by atoms with E-state index in [4.69, 9.17) is 10.8 Å². The molecule has 0 aliphatic rings. The molecule has 0 aromatic heterocycles. The van der Waals surface area contributed by atoms with E-state index in [-0.39, 0.29) is 0 Å². The molecule has 1 atom stereocenters. The van der Waals surface area contributed by atoms with Crippen LogP contribution >= 0.6 is 15.9 Å². The van der Waals surface area contributed by atoms with Gasteiger partial charge in [0.2, 0.25) is 0 Å². The van der Waals surface area contributed by atoms with Crippen molar-refractivity contribution in [3.8, 4) is 0 Å². The number of hydrogen-bond donors (Lipinski definition) is 2. The summed E-state index contributed by atoms with van der Waals surface area (Å²) in [5.41, 5.74) is 4.75. The third-order valence-corrected chi connectivity index (χ3v) is 0.628. The monoisotopic (exact) mass is 153 g/mol. The Morgan fingerprint density at radius 3 is 2.17 bits per heavy atom. The minimum Gasteiger partial charge on any atom is -0.479 e. The minimum atomic E-state index is -1.05. The normalized spacial score (nSPS) is 13.7. The van der Waals surface area contributed by atoms with Crippen molar-refractivity contribution in [3.63, 3.8) is 0 Å². The van der Waals surface area contributed by atoms with E-state index in [0.29, 0.717) is 0 Å². The molecule has 36 valence electrons. The summed E-state index contributed by atoms with van der Waals surface area (Å²) in [6, 6.07) is 0. The Bertz CT molecular complexity index is 62.6. The van der Waals surface area contributed by atoms with Crippen molar-refractivity contribution >= 4 is 21.9 Å². The number of carboxylic acids is 1. The van der Waals surface area contributed by atoms with E-state index in [1.807, 2.05) is 0 Å². The molecule has 0 spiro atoms. The number of aliphatic carboxylic acids is 1. The Labute approximate surface area is 43.3 Å². The van der Waals surface area contributed by atoms with E-state index in [9.17, 15) is 4.79 Å². The lowest BCUT2D eigenvalue weighted by Gasteiger charge is -1.87. The van der Waals surface area contributed by atoms with Crippen LogP contribution in [0.4, 0.5) is 0 Å². The maximum absolute atomic E-state index is 9.53. The predicted octanol–water partition coefficient (Wildman–Crippen LogP) is -0.249. The van der Waals surface area contributed by atoms with Crippen molar-refractivity contribution in [2.45, 2.75) is 4.95 Å². The highest BCUT2D eigenvalue weighted by molar-refractivity contribution is 9.09. The van der Waals surface area contributed by atoms with Crippen molar-refractivity contribution < 1.29 is 9.90 Å². The first-order valence-electron chi connectivity index (χ1n) is 1.27. The number of alkyl halides is 1. The first-order chi connectivity index (χ1) is 2.64. The Balaban J connectivity index is 3.26. The van der Waals surface area contributed by atoms with Crippen LogP contribution in [0.15, 0.2) is 0 Å². The number of rotatable bonds is 1. The van der Waals surface area contributed by atoms with Crippen LogP contribution in [0, 0.1) is 0 Å². The molecule has 0 aromatic rings. The van der Waals surface area contributed by atoms with E-state index >= 15 is 0 Å². The molecule has 0 bridgehead atoms. The van der Waals surface area contributed by atoms with E-state index in [1.165, 1.54) is 0 Å². The van der Waals surface area contributed by atoms with Crippen molar-refractivity contribution in [1.29, 1.82) is 0 Å². The second-order valence-corrected chi connectivity index (χ2v) is 1.73. The molecule has 0 rings (SSSR count). The third kappa shape index (κ3) is 2.17. The lowest BCUT2D eigenvalue weighted by Crippen LogP contribution is -2.22. The molecule has 0 aromatic carbocycles. The maximum atomic E-state index is 9.53. The highest BCUT2D eigenvalue weighted by atomic mass is 79.9. The number of hydrogen-bond acceptors (Lipinski definition) is 2. The molecule has 0 amide bonds. The Morgan fingerprint density at radius 2 is 2.17 bits per heavy atom. The third-order valence-electron chi connectivity index (χ3n) is 0.236. The summed E-state index contributed by atoms with van der Waals surface area (Å²) < 4.78 is 0. The van der Waals surface area contributed by atoms with Crippen LogP contribution < -0.4 is 5.73 Å². The van der Waals surface area contributed by atoms with Crippen LogP contribution in [0.5, 0.6) is 0 Å². The van der Waals surface area contributed by atoms with Gasteiger partial charge in [-0.3, -0.25) is 0 Å². The topological polar surface area (TPSA) is 63.3 Å². The lowest BCUT2D eigenvalue weighted by atomic mass is 10.7. The fourth-order valence-electron chi connectivity index (χ4n) is 0. The van der Waals surface area contributed by atoms with Crippen LogP contribution in [0.2, 0.25) is 0 Å². The zero-order chi connectivity index (χ0) is 5.15. The molecule has 0 aliphatic heterocycles. The Morgan fingerprint density at radius 1 is 2.00 bits per heavy atom. The van der Waals surface area contributed by atoms with Crippen LogP contribution in [0.3, 0.4) is 0 Å². The van der Waals surface area contributed by atoms with Gasteiger partial charge in [0.1, 0.15) is 0 Å². The number of nitrogens with two attached hydrogens (primary N) is 1. The summed E-state index contributed by atoms with van der Waals surface area (Å²) in [6.07, 6.45) is 0. The molecule has 0 heterocycles. The highest BCUT2D eigenvalue weighted by Gasteiger charge is 2.02. The SMILES string of the molecule is N[C@@H](Br)C(=O)O. The molecule has 0 aliphatic carbocycles. The summed E-state index contributed by atoms with van der Waals surface area (Å²) in [5.74, 6) is -1.05. The molecule has 0 radical (unpaired) electrons. The van der Waals surface area contributed by atoms with E-state index < -0.39 is 10.9 Å². The average molecular weight is 154 g/mol. The fraction of sp³-hybridized carbons (Fsp3) is 0.500. The summed E-state index contributed by atoms with van der Waals surface area (Å²) in [6.45, 7) is 0. The molecular weight excluding hydrogens is 150 g/mol. The summed E-state index contributed by atoms with van der Waals surface area (Å²) >= 11 is 2.62. The van der Waals surface area contributed by atoms with Gasteiger partial charge in [0.05, 0.1) is 0 Å². The smallest absolute Gasteiger partial charge is 0.331 e. The van der Waals surface area contributed by atoms with E-state index in [0.717, 1.165) is 0 Å². The zero-order valence-corrected chi connectivity index (χ0v) is 4.47. The van der Waals surface area contributed by atoms with Crippen molar-refractivity contribution in [2.75, 3.05) is 0 Å². The van der Waals surface area contributed by atoms with E-state index in [2.05, 4.69) is 15.9 Å². The lowest BCUT2D eigenvalue weighted by molar-refractivity contribution is -0.136. The van der Waals surface area contributed by atoms with E-state index in [1.54, 1.807) is 0 Å². The molecule has 0 saturated carbocycles. The van der Waals surface area contributed by atoms with Gasteiger partial charge in [-0.05, 0) is 0 Å². The molecule has 3 N–H and O–H groups in total. The second-order valence-electron chi connectivity index (χ2n) is 0.740. The van der Waals surface area contributed by atoms with Gasteiger partial charge in [-0.2, -0.15) is 0 Å². The quantitative estimate of drug-likeness (QED) is 0.404. The maximum Gasteiger partial charge on any atom is 0.331 e. The van der Waals surface area contributed by atoms with Gasteiger partial charge in [-0.25, -0.2) is 4.79 Å². The van der Waals surface area contributed by atoms with Crippen molar-refractivity contribution in [1.82, 2.24) is 0 Å². The van der Waals surface area contributed by atoms with Gasteiger partial charge >= 0.3 is 5.97 Å². The largest absolute Gasteiger partial charge is 0.479 e. The van der Waals surface area contributed by atoms with Crippen LogP contribution in [-0.4, -0.2) is 16.0 Å². The zero-order valence-electron chi connectivity index (χ0n) is 2.89. The van der Waals surface area contributed by atoms with Gasteiger partial charge < -0.3 is 10.8 Å². The second kappa shape index (κ2) is 2.15. The summed E-state index contributed by atoms with van der Waals surface area (Å²) in [4.78, 5) is 8.61. The Kier molecular flexibility index (Phi) is 2.12. The number of carboxylic acid groups (broad SMARTS) is 1. The summed E-state index contributed by atoms with van der Waals surface area (Å²) in [5, 5.41) is 7.82. The van der Waals surface area contributed by atoms with Gasteiger partial charge in [-0.15, -0.1) is 0 Å².